The lowest BCUT2D eigenvalue weighted by Crippen LogP contribution is -2.31. The van der Waals surface area contributed by atoms with Gasteiger partial charge in [-0.2, -0.15) is 13.2 Å². The first kappa shape index (κ1) is 19.5. The number of hydrogen-bond donors (Lipinski definition) is 3. The fraction of sp³-hybridized carbons (Fsp3) is 0.278. The predicted molar refractivity (Wildman–Crippen MR) is 97.1 cm³/mol. The number of rotatable bonds is 6. The molecule has 3 aromatic rings. The van der Waals surface area contributed by atoms with Crippen LogP contribution < -0.4 is 15.4 Å². The van der Waals surface area contributed by atoms with Crippen molar-refractivity contribution in [1.29, 1.82) is 0 Å². The molecular weight excluding hydrogens is 375 g/mol. The van der Waals surface area contributed by atoms with Crippen LogP contribution in [0.3, 0.4) is 0 Å². The van der Waals surface area contributed by atoms with Gasteiger partial charge in [-0.05, 0) is 12.5 Å². The lowest BCUT2D eigenvalue weighted by Gasteiger charge is -2.14. The normalized spacial score (nSPS) is 12.6. The number of halogens is 3. The molecule has 2 amide bonds. The van der Waals surface area contributed by atoms with Crippen molar-refractivity contribution in [2.45, 2.75) is 25.6 Å². The van der Waals surface area contributed by atoms with E-state index in [1.807, 2.05) is 37.3 Å². The number of benzene rings is 1. The second-order valence-electron chi connectivity index (χ2n) is 6.09. The third-order valence-electron chi connectivity index (χ3n) is 3.93. The Labute approximate surface area is 158 Å². The van der Waals surface area contributed by atoms with Crippen LogP contribution in [0, 0.1) is 0 Å². The van der Waals surface area contributed by atoms with Crippen molar-refractivity contribution in [1.82, 2.24) is 20.5 Å². The Morgan fingerprint density at radius 2 is 2.04 bits per heavy atom. The minimum Gasteiger partial charge on any atom is -0.476 e. The number of anilines is 1. The molecular formula is C18H18F3N5O2. The summed E-state index contributed by atoms with van der Waals surface area (Å²) in [6, 6.07) is 10.3. The number of carbonyl (C=O) groups is 1. The highest BCUT2D eigenvalue weighted by atomic mass is 19.4. The Balaban J connectivity index is 1.60. The number of alkyl halides is 3. The molecule has 0 spiro atoms. The van der Waals surface area contributed by atoms with Crippen LogP contribution in [-0.4, -0.2) is 34.0 Å². The summed E-state index contributed by atoms with van der Waals surface area (Å²) in [4.78, 5) is 16.2. The molecule has 0 aliphatic rings. The zero-order chi connectivity index (χ0) is 20.1. The summed E-state index contributed by atoms with van der Waals surface area (Å²) in [5, 5.41) is 12.3. The standard InChI is InChI=1S/C18H18F3N5O2/c1-11(12-5-3-2-4-6-12)23-17(27)24-15-9-14-13(10-22-15)16(26-25-14)28-8-7-18(19,20)21/h2-6,9-11H,7-8H2,1H3,(H,25,26)(H2,22,23,24,27). The van der Waals surface area contributed by atoms with Crippen LogP contribution in [0.5, 0.6) is 5.88 Å². The largest absolute Gasteiger partial charge is 0.476 e. The molecule has 0 saturated heterocycles. The summed E-state index contributed by atoms with van der Waals surface area (Å²) in [6.07, 6.45) is -4.00. The average Bonchev–Trinajstić information content (AvgIpc) is 3.03. The van der Waals surface area contributed by atoms with Gasteiger partial charge in [0.05, 0.1) is 30.0 Å². The van der Waals surface area contributed by atoms with Crippen LogP contribution >= 0.6 is 0 Å². The lowest BCUT2D eigenvalue weighted by molar-refractivity contribution is -0.139. The van der Waals surface area contributed by atoms with Gasteiger partial charge in [0.2, 0.25) is 5.88 Å². The first-order valence-corrected chi connectivity index (χ1v) is 8.48. The lowest BCUT2D eigenvalue weighted by atomic mass is 10.1. The van der Waals surface area contributed by atoms with E-state index in [0.717, 1.165) is 5.56 Å². The van der Waals surface area contributed by atoms with Gasteiger partial charge in [-0.3, -0.25) is 10.4 Å². The third-order valence-corrected chi connectivity index (χ3v) is 3.93. The second-order valence-corrected chi connectivity index (χ2v) is 6.09. The molecule has 1 atom stereocenters. The van der Waals surface area contributed by atoms with E-state index in [-0.39, 0.29) is 17.7 Å². The number of amides is 2. The molecule has 3 rings (SSSR count). The van der Waals surface area contributed by atoms with E-state index in [2.05, 4.69) is 25.8 Å². The molecule has 10 heteroatoms. The number of pyridine rings is 1. The second kappa shape index (κ2) is 8.15. The summed E-state index contributed by atoms with van der Waals surface area (Å²) in [5.41, 5.74) is 1.43. The zero-order valence-corrected chi connectivity index (χ0v) is 14.9. The fourth-order valence-electron chi connectivity index (χ4n) is 2.51. The molecule has 2 heterocycles. The molecule has 1 aromatic carbocycles. The smallest absolute Gasteiger partial charge is 0.392 e. The number of urea groups is 1. The van der Waals surface area contributed by atoms with Gasteiger partial charge in [0.1, 0.15) is 5.82 Å². The summed E-state index contributed by atoms with van der Waals surface area (Å²) >= 11 is 0. The van der Waals surface area contributed by atoms with Crippen LogP contribution in [0.25, 0.3) is 10.9 Å². The number of ether oxygens (including phenoxy) is 1. The Morgan fingerprint density at radius 3 is 2.75 bits per heavy atom. The fourth-order valence-corrected chi connectivity index (χ4v) is 2.51. The number of carbonyl (C=O) groups excluding carboxylic acids is 1. The number of nitrogens with zero attached hydrogens (tertiary/aromatic N) is 2. The molecule has 0 aliphatic heterocycles. The van der Waals surface area contributed by atoms with Gasteiger partial charge >= 0.3 is 12.2 Å². The molecule has 7 nitrogen and oxygen atoms in total. The molecule has 28 heavy (non-hydrogen) atoms. The summed E-state index contributed by atoms with van der Waals surface area (Å²) in [5.74, 6) is 0.288. The molecule has 3 N–H and O–H groups in total. The van der Waals surface area contributed by atoms with Crippen molar-refractivity contribution in [2.24, 2.45) is 0 Å². The van der Waals surface area contributed by atoms with E-state index in [0.29, 0.717) is 10.9 Å². The Hall–Kier alpha value is -3.30. The molecule has 0 saturated carbocycles. The minimum atomic E-state index is -4.30. The maximum Gasteiger partial charge on any atom is 0.392 e. The molecule has 1 unspecified atom stereocenters. The molecule has 148 valence electrons. The van der Waals surface area contributed by atoms with E-state index in [9.17, 15) is 18.0 Å². The van der Waals surface area contributed by atoms with Gasteiger partial charge in [-0.15, -0.1) is 5.10 Å². The highest BCUT2D eigenvalue weighted by Crippen LogP contribution is 2.25. The van der Waals surface area contributed by atoms with Gasteiger partial charge in [0.15, 0.2) is 0 Å². The quantitative estimate of drug-likeness (QED) is 0.586. The summed E-state index contributed by atoms with van der Waals surface area (Å²) in [6.45, 7) is 1.31. The van der Waals surface area contributed by atoms with E-state index in [4.69, 9.17) is 4.74 Å². The van der Waals surface area contributed by atoms with Crippen LogP contribution in [-0.2, 0) is 0 Å². The molecule has 0 aliphatic carbocycles. The first-order chi connectivity index (χ1) is 13.3. The van der Waals surface area contributed by atoms with E-state index >= 15 is 0 Å². The molecule has 0 bridgehead atoms. The number of fused-ring (bicyclic) bond motifs is 1. The first-order valence-electron chi connectivity index (χ1n) is 8.48. The van der Waals surface area contributed by atoms with Gasteiger partial charge in [-0.1, -0.05) is 30.3 Å². The van der Waals surface area contributed by atoms with Crippen molar-refractivity contribution < 1.29 is 22.7 Å². The maximum atomic E-state index is 12.2. The van der Waals surface area contributed by atoms with Crippen molar-refractivity contribution in [2.75, 3.05) is 11.9 Å². The number of hydrogen-bond acceptors (Lipinski definition) is 4. The number of aromatic amines is 1. The van der Waals surface area contributed by atoms with E-state index in [1.165, 1.54) is 12.3 Å². The van der Waals surface area contributed by atoms with Crippen LogP contribution in [0.2, 0.25) is 0 Å². The van der Waals surface area contributed by atoms with Gasteiger partial charge < -0.3 is 10.1 Å². The van der Waals surface area contributed by atoms with Crippen molar-refractivity contribution >= 4 is 22.8 Å². The predicted octanol–water partition coefficient (Wildman–Crippen LogP) is 4.17. The monoisotopic (exact) mass is 393 g/mol. The van der Waals surface area contributed by atoms with Crippen LogP contribution in [0.4, 0.5) is 23.8 Å². The summed E-state index contributed by atoms with van der Waals surface area (Å²) < 4.78 is 41.7. The van der Waals surface area contributed by atoms with E-state index < -0.39 is 25.2 Å². The van der Waals surface area contributed by atoms with Gasteiger partial charge in [0.25, 0.3) is 0 Å². The van der Waals surface area contributed by atoms with Crippen molar-refractivity contribution in [3.8, 4) is 5.88 Å². The third kappa shape index (κ3) is 5.12. The Bertz CT molecular complexity index is 943. The average molecular weight is 393 g/mol. The van der Waals surface area contributed by atoms with Crippen LogP contribution in [0.1, 0.15) is 24.9 Å². The number of aromatic nitrogens is 3. The van der Waals surface area contributed by atoms with Crippen molar-refractivity contribution in [3.63, 3.8) is 0 Å². The highest BCUT2D eigenvalue weighted by Gasteiger charge is 2.27. The molecule has 2 aromatic heterocycles. The van der Waals surface area contributed by atoms with E-state index in [1.54, 1.807) is 0 Å². The Morgan fingerprint density at radius 1 is 1.29 bits per heavy atom. The zero-order valence-electron chi connectivity index (χ0n) is 14.9. The topological polar surface area (TPSA) is 91.9 Å². The SMILES string of the molecule is CC(NC(=O)Nc1cc2[nH]nc(OCCC(F)(F)F)c2cn1)c1ccccc1. The highest BCUT2D eigenvalue weighted by molar-refractivity contribution is 5.92. The van der Waals surface area contributed by atoms with Crippen molar-refractivity contribution in [3.05, 3.63) is 48.2 Å². The van der Waals surface area contributed by atoms with Gasteiger partial charge in [-0.25, -0.2) is 9.78 Å². The van der Waals surface area contributed by atoms with Crippen LogP contribution in [0.15, 0.2) is 42.6 Å². The number of H-pyrrole nitrogens is 1. The minimum absolute atomic E-state index is 0.0282. The maximum absolute atomic E-state index is 12.2. The molecule has 0 fully saturated rings. The summed E-state index contributed by atoms with van der Waals surface area (Å²) in [7, 11) is 0. The Kier molecular flexibility index (Phi) is 5.67. The molecule has 0 radical (unpaired) electrons. The number of nitrogens with one attached hydrogen (secondary N) is 3. The van der Waals surface area contributed by atoms with Gasteiger partial charge in [0, 0.05) is 12.3 Å².